The van der Waals surface area contributed by atoms with E-state index in [1.807, 2.05) is 18.2 Å². The summed E-state index contributed by atoms with van der Waals surface area (Å²) in [4.78, 5) is 2.43. The summed E-state index contributed by atoms with van der Waals surface area (Å²) in [6.07, 6.45) is 1.20. The Morgan fingerprint density at radius 1 is 1.40 bits per heavy atom. The summed E-state index contributed by atoms with van der Waals surface area (Å²) in [6, 6.07) is 5.88. The van der Waals surface area contributed by atoms with Gasteiger partial charge in [0.05, 0.1) is 12.7 Å². The zero-order chi connectivity index (χ0) is 15.1. The van der Waals surface area contributed by atoms with Crippen LogP contribution < -0.4 is 10.5 Å². The fourth-order valence-electron chi connectivity index (χ4n) is 2.19. The number of rotatable bonds is 8. The van der Waals surface area contributed by atoms with Crippen molar-refractivity contribution < 1.29 is 4.74 Å². The van der Waals surface area contributed by atoms with Crippen LogP contribution in [0.4, 0.5) is 0 Å². The summed E-state index contributed by atoms with van der Waals surface area (Å²) in [7, 11) is 1.61. The predicted octanol–water partition coefficient (Wildman–Crippen LogP) is 2.85. The summed E-state index contributed by atoms with van der Waals surface area (Å²) >= 11 is 0. The lowest BCUT2D eigenvalue weighted by molar-refractivity contribution is 0.238. The number of methoxy groups -OCH3 is 1. The smallest absolute Gasteiger partial charge is 0.130 e. The van der Waals surface area contributed by atoms with Crippen LogP contribution in [0.15, 0.2) is 18.2 Å². The van der Waals surface area contributed by atoms with E-state index in [0.29, 0.717) is 17.2 Å². The zero-order valence-corrected chi connectivity index (χ0v) is 13.1. The second-order valence-corrected chi connectivity index (χ2v) is 5.29. The molecule has 20 heavy (non-hydrogen) atoms. The van der Waals surface area contributed by atoms with Crippen molar-refractivity contribution in [3.05, 3.63) is 29.3 Å². The Kier molecular flexibility index (Phi) is 6.52. The molecule has 112 valence electrons. The van der Waals surface area contributed by atoms with Crippen molar-refractivity contribution in [1.29, 1.82) is 5.41 Å². The molecule has 0 spiro atoms. The lowest BCUT2D eigenvalue weighted by Gasteiger charge is -2.24. The van der Waals surface area contributed by atoms with Gasteiger partial charge in [0.2, 0.25) is 0 Å². The number of hydrogen-bond acceptors (Lipinski definition) is 3. The Morgan fingerprint density at radius 2 is 2.10 bits per heavy atom. The maximum Gasteiger partial charge on any atom is 0.130 e. The molecular formula is C16H27N3O. The van der Waals surface area contributed by atoms with Gasteiger partial charge >= 0.3 is 0 Å². The monoisotopic (exact) mass is 277 g/mol. The minimum atomic E-state index is 0.0420. The highest BCUT2D eigenvalue weighted by molar-refractivity contribution is 5.97. The van der Waals surface area contributed by atoms with Crippen LogP contribution in [0.25, 0.3) is 0 Å². The maximum absolute atomic E-state index is 7.53. The Labute approximate surface area is 122 Å². The molecule has 0 radical (unpaired) electrons. The van der Waals surface area contributed by atoms with Gasteiger partial charge < -0.3 is 10.5 Å². The molecule has 1 rings (SSSR count). The van der Waals surface area contributed by atoms with Gasteiger partial charge in [0.15, 0.2) is 0 Å². The highest BCUT2D eigenvalue weighted by Gasteiger charge is 2.11. The number of hydrogen-bond donors (Lipinski definition) is 2. The fourth-order valence-corrected chi connectivity index (χ4v) is 2.19. The maximum atomic E-state index is 7.53. The van der Waals surface area contributed by atoms with Crippen LogP contribution in [0.2, 0.25) is 0 Å². The third-order valence-electron chi connectivity index (χ3n) is 3.68. The number of amidine groups is 1. The first-order valence-corrected chi connectivity index (χ1v) is 7.25. The van der Waals surface area contributed by atoms with Gasteiger partial charge in [0.25, 0.3) is 0 Å². The van der Waals surface area contributed by atoms with Crippen molar-refractivity contribution in [2.75, 3.05) is 20.2 Å². The number of nitrogens with zero attached hydrogens (tertiary/aromatic N) is 1. The molecule has 1 aromatic carbocycles. The zero-order valence-electron chi connectivity index (χ0n) is 13.1. The largest absolute Gasteiger partial charge is 0.496 e. The number of benzene rings is 1. The van der Waals surface area contributed by atoms with Crippen molar-refractivity contribution in [3.63, 3.8) is 0 Å². The van der Waals surface area contributed by atoms with Crippen LogP contribution in [0.5, 0.6) is 5.75 Å². The first-order chi connectivity index (χ1) is 9.51. The normalized spacial score (nSPS) is 12.4. The van der Waals surface area contributed by atoms with Crippen LogP contribution in [0.1, 0.15) is 38.3 Å². The van der Waals surface area contributed by atoms with Crippen LogP contribution >= 0.6 is 0 Å². The number of nitrogens with one attached hydrogen (secondary N) is 1. The van der Waals surface area contributed by atoms with Gasteiger partial charge in [-0.1, -0.05) is 33.3 Å². The van der Waals surface area contributed by atoms with E-state index in [0.717, 1.165) is 19.6 Å². The Morgan fingerprint density at radius 3 is 2.60 bits per heavy atom. The minimum absolute atomic E-state index is 0.0420. The molecule has 1 aromatic rings. The van der Waals surface area contributed by atoms with Crippen molar-refractivity contribution >= 4 is 5.84 Å². The number of nitrogen functional groups attached to an aromatic ring is 1. The van der Waals surface area contributed by atoms with Gasteiger partial charge in [-0.25, -0.2) is 0 Å². The molecule has 0 aliphatic carbocycles. The summed E-state index contributed by atoms with van der Waals surface area (Å²) in [5.41, 5.74) is 7.39. The molecular weight excluding hydrogens is 250 g/mol. The molecule has 3 N–H and O–H groups in total. The average Bonchev–Trinajstić information content (AvgIpc) is 2.45. The van der Waals surface area contributed by atoms with Gasteiger partial charge in [-0.3, -0.25) is 10.3 Å². The fraction of sp³-hybridized carbons (Fsp3) is 0.562. The van der Waals surface area contributed by atoms with Gasteiger partial charge in [0.1, 0.15) is 11.6 Å². The second-order valence-electron chi connectivity index (χ2n) is 5.29. The van der Waals surface area contributed by atoms with Gasteiger partial charge in [-0.2, -0.15) is 0 Å². The van der Waals surface area contributed by atoms with Gasteiger partial charge in [0, 0.05) is 13.1 Å². The molecule has 0 aliphatic heterocycles. The molecule has 0 heterocycles. The second kappa shape index (κ2) is 7.90. The van der Waals surface area contributed by atoms with Crippen LogP contribution in [0.3, 0.4) is 0 Å². The van der Waals surface area contributed by atoms with Crippen LogP contribution in [-0.4, -0.2) is 30.9 Å². The van der Waals surface area contributed by atoms with Crippen molar-refractivity contribution in [1.82, 2.24) is 4.90 Å². The van der Waals surface area contributed by atoms with E-state index in [4.69, 9.17) is 15.9 Å². The van der Waals surface area contributed by atoms with E-state index < -0.39 is 0 Å². The first-order valence-electron chi connectivity index (χ1n) is 7.25. The molecule has 0 saturated heterocycles. The van der Waals surface area contributed by atoms with Gasteiger partial charge in [-0.05, 0) is 30.2 Å². The van der Waals surface area contributed by atoms with Crippen LogP contribution in [0, 0.1) is 11.3 Å². The molecule has 1 atom stereocenters. The molecule has 0 aliphatic rings. The minimum Gasteiger partial charge on any atom is -0.496 e. The summed E-state index contributed by atoms with van der Waals surface area (Å²) < 4.78 is 5.33. The molecule has 4 heteroatoms. The Bertz CT molecular complexity index is 445. The third-order valence-corrected chi connectivity index (χ3v) is 3.68. The van der Waals surface area contributed by atoms with Gasteiger partial charge in [-0.15, -0.1) is 0 Å². The van der Waals surface area contributed by atoms with E-state index >= 15 is 0 Å². The molecule has 4 nitrogen and oxygen atoms in total. The number of ether oxygens (including phenoxy) is 1. The van der Waals surface area contributed by atoms with E-state index in [2.05, 4.69) is 25.7 Å². The van der Waals surface area contributed by atoms with Crippen molar-refractivity contribution in [3.8, 4) is 5.75 Å². The molecule has 0 amide bonds. The summed E-state index contributed by atoms with van der Waals surface area (Å²) in [6.45, 7) is 9.72. The van der Waals surface area contributed by atoms with Crippen LogP contribution in [-0.2, 0) is 6.54 Å². The van der Waals surface area contributed by atoms with Crippen molar-refractivity contribution in [2.45, 2.75) is 33.7 Å². The number of nitrogens with two attached hydrogens (primary N) is 1. The Balaban J connectivity index is 2.83. The highest BCUT2D eigenvalue weighted by atomic mass is 16.5. The molecule has 0 saturated carbocycles. The molecule has 0 fully saturated rings. The Hall–Kier alpha value is -1.55. The first kappa shape index (κ1) is 16.5. The lowest BCUT2D eigenvalue weighted by Crippen LogP contribution is -2.28. The average molecular weight is 277 g/mol. The third kappa shape index (κ3) is 4.53. The SMILES string of the molecule is CCC(C)CN(CC)Cc1ccc(C(=N)N)c(OC)c1. The van der Waals surface area contributed by atoms with E-state index in [-0.39, 0.29) is 5.84 Å². The van der Waals surface area contributed by atoms with Crippen molar-refractivity contribution in [2.24, 2.45) is 11.7 Å². The molecule has 0 bridgehead atoms. The topological polar surface area (TPSA) is 62.3 Å². The quantitative estimate of drug-likeness (QED) is 0.567. The standard InChI is InChI=1S/C16H27N3O/c1-5-12(3)10-19(6-2)11-13-7-8-14(16(17)18)15(9-13)20-4/h7-9,12H,5-6,10-11H2,1-4H3,(H3,17,18). The predicted molar refractivity (Wildman–Crippen MR) is 84.4 cm³/mol. The van der Waals surface area contributed by atoms with E-state index in [1.54, 1.807) is 7.11 Å². The highest BCUT2D eigenvalue weighted by Crippen LogP contribution is 2.21. The molecule has 1 unspecified atom stereocenters. The molecule has 0 aromatic heterocycles. The van der Waals surface area contributed by atoms with E-state index in [1.165, 1.54) is 12.0 Å². The lowest BCUT2D eigenvalue weighted by atomic mass is 10.1. The summed E-state index contributed by atoms with van der Waals surface area (Å²) in [5.74, 6) is 1.42. The van der Waals surface area contributed by atoms with E-state index in [9.17, 15) is 0 Å². The summed E-state index contributed by atoms with van der Waals surface area (Å²) in [5, 5.41) is 7.53.